The smallest absolute Gasteiger partial charge is 0.0641 e. The van der Waals surface area contributed by atoms with Crippen LogP contribution in [0.5, 0.6) is 0 Å². The van der Waals surface area contributed by atoms with Crippen molar-refractivity contribution in [3.63, 3.8) is 0 Å². The van der Waals surface area contributed by atoms with Gasteiger partial charge in [-0.1, -0.05) is 36.4 Å². The van der Waals surface area contributed by atoms with Crippen molar-refractivity contribution in [1.82, 2.24) is 4.90 Å². The molecule has 0 saturated heterocycles. The lowest BCUT2D eigenvalue weighted by Gasteiger charge is -2.31. The van der Waals surface area contributed by atoms with Gasteiger partial charge >= 0.3 is 0 Å². The Bertz CT molecular complexity index is 528. The zero-order valence-electron chi connectivity index (χ0n) is 11.3. The minimum absolute atomic E-state index is 0.142. The van der Waals surface area contributed by atoms with Gasteiger partial charge in [0.25, 0.3) is 0 Å². The monoisotopic (exact) mass is 270 g/mol. The van der Waals surface area contributed by atoms with E-state index in [0.717, 1.165) is 0 Å². The van der Waals surface area contributed by atoms with E-state index in [1.165, 1.54) is 10.4 Å². The van der Waals surface area contributed by atoms with Crippen molar-refractivity contribution >= 4 is 11.3 Å². The van der Waals surface area contributed by atoms with Crippen LogP contribution in [0.3, 0.4) is 0 Å². The Labute approximate surface area is 118 Å². The molecule has 19 heavy (non-hydrogen) atoms. The first-order valence-electron chi connectivity index (χ1n) is 6.41. The van der Waals surface area contributed by atoms with Gasteiger partial charge < -0.3 is 0 Å². The summed E-state index contributed by atoms with van der Waals surface area (Å²) < 4.78 is 0. The van der Waals surface area contributed by atoms with E-state index in [0.29, 0.717) is 12.5 Å². The molecule has 98 valence electrons. The standard InChI is InChI=1S/C16H18N2S/c1-13(16-9-6-12-19-16)18(2)15(10-11-17)14-7-4-3-5-8-14/h3-9,12-13,15H,10H2,1-2H3. The lowest BCUT2D eigenvalue weighted by molar-refractivity contribution is 0.190. The van der Waals surface area contributed by atoms with Gasteiger partial charge in [0.05, 0.1) is 12.5 Å². The first-order valence-corrected chi connectivity index (χ1v) is 7.29. The van der Waals surface area contributed by atoms with Crippen LogP contribution in [0.2, 0.25) is 0 Å². The second-order valence-electron chi connectivity index (χ2n) is 4.65. The van der Waals surface area contributed by atoms with E-state index >= 15 is 0 Å². The Hall–Kier alpha value is -1.63. The first-order chi connectivity index (χ1) is 9.24. The summed E-state index contributed by atoms with van der Waals surface area (Å²) in [6.07, 6.45) is 0.510. The highest BCUT2D eigenvalue weighted by Crippen LogP contribution is 2.32. The second kappa shape index (κ2) is 6.51. The molecule has 0 fully saturated rings. The average molecular weight is 270 g/mol. The summed E-state index contributed by atoms with van der Waals surface area (Å²) in [5, 5.41) is 11.2. The van der Waals surface area contributed by atoms with E-state index in [4.69, 9.17) is 5.26 Å². The van der Waals surface area contributed by atoms with Gasteiger partial charge in [-0.05, 0) is 31.0 Å². The number of rotatable bonds is 5. The average Bonchev–Trinajstić information content (AvgIpc) is 2.98. The summed E-state index contributed by atoms with van der Waals surface area (Å²) in [4.78, 5) is 3.62. The Morgan fingerprint density at radius 2 is 1.95 bits per heavy atom. The van der Waals surface area contributed by atoms with Gasteiger partial charge in [-0.3, -0.25) is 4.90 Å². The number of hydrogen-bond acceptors (Lipinski definition) is 3. The molecule has 0 saturated carbocycles. The molecule has 0 bridgehead atoms. The van der Waals surface area contributed by atoms with Crippen molar-refractivity contribution in [2.75, 3.05) is 7.05 Å². The van der Waals surface area contributed by atoms with E-state index in [2.05, 4.69) is 54.6 Å². The molecule has 3 heteroatoms. The Morgan fingerprint density at radius 3 is 2.53 bits per heavy atom. The maximum atomic E-state index is 9.09. The summed E-state index contributed by atoms with van der Waals surface area (Å²) in [5.74, 6) is 0. The molecule has 0 N–H and O–H groups in total. The molecule has 2 unspecified atom stereocenters. The van der Waals surface area contributed by atoms with Crippen molar-refractivity contribution in [1.29, 1.82) is 5.26 Å². The second-order valence-corrected chi connectivity index (χ2v) is 5.62. The topological polar surface area (TPSA) is 27.0 Å². The van der Waals surface area contributed by atoms with E-state index < -0.39 is 0 Å². The molecule has 0 radical (unpaired) electrons. The van der Waals surface area contributed by atoms with Crippen molar-refractivity contribution in [3.05, 3.63) is 58.3 Å². The number of nitrogens with zero attached hydrogens (tertiary/aromatic N) is 2. The number of benzene rings is 1. The van der Waals surface area contributed by atoms with Crippen LogP contribution < -0.4 is 0 Å². The minimum atomic E-state index is 0.142. The normalized spacial score (nSPS) is 14.0. The summed E-state index contributed by atoms with van der Waals surface area (Å²) >= 11 is 1.77. The third kappa shape index (κ3) is 3.23. The molecule has 2 rings (SSSR count). The van der Waals surface area contributed by atoms with Gasteiger partial charge in [0.15, 0.2) is 0 Å². The van der Waals surface area contributed by atoms with E-state index in [1.807, 2.05) is 18.2 Å². The van der Waals surface area contributed by atoms with E-state index in [9.17, 15) is 0 Å². The zero-order valence-corrected chi connectivity index (χ0v) is 12.1. The summed E-state index contributed by atoms with van der Waals surface area (Å²) in [6, 6.07) is 17.3. The molecule has 1 heterocycles. The molecule has 0 aliphatic carbocycles. The largest absolute Gasteiger partial charge is 0.291 e. The van der Waals surface area contributed by atoms with Crippen LogP contribution in [-0.4, -0.2) is 11.9 Å². The van der Waals surface area contributed by atoms with E-state index in [1.54, 1.807) is 11.3 Å². The summed E-state index contributed by atoms with van der Waals surface area (Å²) in [5.41, 5.74) is 1.20. The Balaban J connectivity index is 2.22. The van der Waals surface area contributed by atoms with Crippen LogP contribution in [-0.2, 0) is 0 Å². The van der Waals surface area contributed by atoms with Crippen LogP contribution in [0.25, 0.3) is 0 Å². The van der Waals surface area contributed by atoms with Gasteiger partial charge in [-0.25, -0.2) is 0 Å². The van der Waals surface area contributed by atoms with Crippen molar-refractivity contribution in [3.8, 4) is 6.07 Å². The van der Waals surface area contributed by atoms with Crippen molar-refractivity contribution in [2.24, 2.45) is 0 Å². The predicted molar refractivity (Wildman–Crippen MR) is 79.9 cm³/mol. The molecule has 1 aromatic heterocycles. The molecule has 0 spiro atoms. The third-order valence-corrected chi connectivity index (χ3v) is 4.57. The SMILES string of the molecule is CC(c1cccs1)N(C)C(CC#N)c1ccccc1. The number of thiophene rings is 1. The maximum absolute atomic E-state index is 9.09. The fourth-order valence-electron chi connectivity index (χ4n) is 2.26. The van der Waals surface area contributed by atoms with Gasteiger partial charge in [0, 0.05) is 17.0 Å². The quantitative estimate of drug-likeness (QED) is 0.805. The molecule has 2 atom stereocenters. The highest BCUT2D eigenvalue weighted by atomic mass is 32.1. The van der Waals surface area contributed by atoms with Gasteiger partial charge in [-0.15, -0.1) is 11.3 Å². The predicted octanol–water partition coefficient (Wildman–Crippen LogP) is 4.40. The maximum Gasteiger partial charge on any atom is 0.0641 e. The Morgan fingerprint density at radius 1 is 1.21 bits per heavy atom. The highest BCUT2D eigenvalue weighted by Gasteiger charge is 2.22. The van der Waals surface area contributed by atoms with E-state index in [-0.39, 0.29) is 6.04 Å². The van der Waals surface area contributed by atoms with Crippen LogP contribution in [0, 0.1) is 11.3 Å². The molecular weight excluding hydrogens is 252 g/mol. The zero-order chi connectivity index (χ0) is 13.7. The molecule has 0 amide bonds. The fraction of sp³-hybridized carbons (Fsp3) is 0.312. The third-order valence-electron chi connectivity index (χ3n) is 3.53. The number of hydrogen-bond donors (Lipinski definition) is 0. The van der Waals surface area contributed by atoms with Crippen molar-refractivity contribution in [2.45, 2.75) is 25.4 Å². The lowest BCUT2D eigenvalue weighted by Crippen LogP contribution is -2.27. The van der Waals surface area contributed by atoms with Crippen LogP contribution in [0.15, 0.2) is 47.8 Å². The van der Waals surface area contributed by atoms with Gasteiger partial charge in [-0.2, -0.15) is 5.26 Å². The van der Waals surface area contributed by atoms with Gasteiger partial charge in [0.1, 0.15) is 0 Å². The van der Waals surface area contributed by atoms with Crippen molar-refractivity contribution < 1.29 is 0 Å². The lowest BCUT2D eigenvalue weighted by atomic mass is 10.0. The number of nitriles is 1. The fourth-order valence-corrected chi connectivity index (χ4v) is 3.09. The van der Waals surface area contributed by atoms with Gasteiger partial charge in [0.2, 0.25) is 0 Å². The molecule has 2 aromatic rings. The van der Waals surface area contributed by atoms with Crippen LogP contribution in [0.1, 0.15) is 35.9 Å². The summed E-state index contributed by atoms with van der Waals surface area (Å²) in [7, 11) is 2.10. The molecular formula is C16H18N2S. The van der Waals surface area contributed by atoms with Crippen LogP contribution in [0.4, 0.5) is 0 Å². The minimum Gasteiger partial charge on any atom is -0.291 e. The molecule has 0 aliphatic heterocycles. The molecule has 2 nitrogen and oxygen atoms in total. The highest BCUT2D eigenvalue weighted by molar-refractivity contribution is 7.10. The molecule has 1 aromatic carbocycles. The summed E-state index contributed by atoms with van der Waals surface area (Å²) in [6.45, 7) is 2.19. The van der Waals surface area contributed by atoms with Crippen LogP contribution >= 0.6 is 11.3 Å². The first kappa shape index (κ1) is 13.8. The molecule has 0 aliphatic rings. The Kier molecular flexibility index (Phi) is 4.73.